The summed E-state index contributed by atoms with van der Waals surface area (Å²) in [4.78, 5) is 23.2. The number of carbonyl (C=O) groups is 2. The second-order valence-corrected chi connectivity index (χ2v) is 8.32. The van der Waals surface area contributed by atoms with Crippen molar-refractivity contribution in [3.8, 4) is 0 Å². The fourth-order valence-electron chi connectivity index (χ4n) is 2.61. The smallest absolute Gasteiger partial charge is 0.305 e. The molecule has 0 spiro atoms. The van der Waals surface area contributed by atoms with Crippen LogP contribution in [-0.4, -0.2) is 37.4 Å². The predicted octanol–water partition coefficient (Wildman–Crippen LogP) is 2.30. The molecule has 7 heteroatoms. The molecule has 1 atom stereocenters. The number of benzene rings is 2. The number of aliphatic carboxylic acids is 1. The SMILES string of the molecule is CS(=O)(=O)CCCC(=O)N[C@@H](CC(=O)O)c1ccc2ccccc2c1. The van der Waals surface area contributed by atoms with E-state index < -0.39 is 21.8 Å². The molecule has 1 amide bonds. The lowest BCUT2D eigenvalue weighted by Crippen LogP contribution is -2.30. The first-order valence-corrected chi connectivity index (χ1v) is 9.98. The summed E-state index contributed by atoms with van der Waals surface area (Å²) in [6.07, 6.45) is 1.13. The molecule has 0 radical (unpaired) electrons. The Labute approximate surface area is 146 Å². The summed E-state index contributed by atoms with van der Waals surface area (Å²) < 4.78 is 22.2. The van der Waals surface area contributed by atoms with Crippen molar-refractivity contribution >= 4 is 32.5 Å². The van der Waals surface area contributed by atoms with Crippen LogP contribution in [0, 0.1) is 0 Å². The van der Waals surface area contributed by atoms with E-state index in [0.717, 1.165) is 17.0 Å². The molecule has 0 saturated heterocycles. The van der Waals surface area contributed by atoms with Crippen molar-refractivity contribution < 1.29 is 23.1 Å². The highest BCUT2D eigenvalue weighted by molar-refractivity contribution is 7.90. The Bertz CT molecular complexity index is 876. The van der Waals surface area contributed by atoms with Gasteiger partial charge in [-0.3, -0.25) is 9.59 Å². The number of carbonyl (C=O) groups excluding carboxylic acids is 1. The highest BCUT2D eigenvalue weighted by atomic mass is 32.2. The first-order valence-electron chi connectivity index (χ1n) is 7.92. The Morgan fingerprint density at radius 1 is 1.12 bits per heavy atom. The second kappa shape index (κ2) is 8.11. The molecule has 0 fully saturated rings. The number of amides is 1. The zero-order valence-electron chi connectivity index (χ0n) is 13.9. The van der Waals surface area contributed by atoms with Gasteiger partial charge < -0.3 is 10.4 Å². The average molecular weight is 363 g/mol. The van der Waals surface area contributed by atoms with Crippen molar-refractivity contribution in [2.45, 2.75) is 25.3 Å². The van der Waals surface area contributed by atoms with E-state index in [9.17, 15) is 18.0 Å². The lowest BCUT2D eigenvalue weighted by atomic mass is 9.99. The molecule has 2 rings (SSSR count). The molecule has 0 bridgehead atoms. The van der Waals surface area contributed by atoms with Gasteiger partial charge in [-0.25, -0.2) is 8.42 Å². The zero-order chi connectivity index (χ0) is 18.4. The molecular weight excluding hydrogens is 342 g/mol. The van der Waals surface area contributed by atoms with E-state index in [1.54, 1.807) is 6.07 Å². The van der Waals surface area contributed by atoms with Gasteiger partial charge in [-0.15, -0.1) is 0 Å². The largest absolute Gasteiger partial charge is 0.481 e. The number of nitrogens with one attached hydrogen (secondary N) is 1. The number of carboxylic acid groups (broad SMARTS) is 1. The van der Waals surface area contributed by atoms with Gasteiger partial charge in [0.15, 0.2) is 0 Å². The van der Waals surface area contributed by atoms with E-state index in [1.165, 1.54) is 0 Å². The number of hydrogen-bond acceptors (Lipinski definition) is 4. The maximum absolute atomic E-state index is 12.1. The summed E-state index contributed by atoms with van der Waals surface area (Å²) >= 11 is 0. The molecule has 2 aromatic rings. The van der Waals surface area contributed by atoms with Crippen molar-refractivity contribution in [3.05, 3.63) is 48.0 Å². The fraction of sp³-hybridized carbons (Fsp3) is 0.333. The van der Waals surface area contributed by atoms with Gasteiger partial charge in [0.2, 0.25) is 5.91 Å². The van der Waals surface area contributed by atoms with Crippen molar-refractivity contribution in [3.63, 3.8) is 0 Å². The van der Waals surface area contributed by atoms with Crippen LogP contribution in [0.4, 0.5) is 0 Å². The monoisotopic (exact) mass is 363 g/mol. The molecule has 0 unspecified atom stereocenters. The minimum atomic E-state index is -3.12. The van der Waals surface area contributed by atoms with Crippen LogP contribution in [0.1, 0.15) is 30.9 Å². The van der Waals surface area contributed by atoms with Crippen LogP contribution < -0.4 is 5.32 Å². The predicted molar refractivity (Wildman–Crippen MR) is 96.0 cm³/mol. The van der Waals surface area contributed by atoms with Gasteiger partial charge in [-0.05, 0) is 28.8 Å². The van der Waals surface area contributed by atoms with E-state index >= 15 is 0 Å². The maximum atomic E-state index is 12.1. The molecule has 0 aliphatic heterocycles. The van der Waals surface area contributed by atoms with Crippen LogP contribution >= 0.6 is 0 Å². The highest BCUT2D eigenvalue weighted by Crippen LogP contribution is 2.23. The maximum Gasteiger partial charge on any atom is 0.305 e. The molecule has 6 nitrogen and oxygen atoms in total. The van der Waals surface area contributed by atoms with Crippen molar-refractivity contribution in [1.82, 2.24) is 5.32 Å². The Morgan fingerprint density at radius 3 is 2.44 bits per heavy atom. The number of sulfone groups is 1. The number of rotatable bonds is 8. The Morgan fingerprint density at radius 2 is 1.80 bits per heavy atom. The summed E-state index contributed by atoms with van der Waals surface area (Å²) in [5, 5.41) is 13.8. The third-order valence-electron chi connectivity index (χ3n) is 3.81. The molecule has 0 saturated carbocycles. The second-order valence-electron chi connectivity index (χ2n) is 6.06. The highest BCUT2D eigenvalue weighted by Gasteiger charge is 2.18. The van der Waals surface area contributed by atoms with Gasteiger partial charge >= 0.3 is 5.97 Å². The van der Waals surface area contributed by atoms with Crippen molar-refractivity contribution in [2.75, 3.05) is 12.0 Å². The average Bonchev–Trinajstić information content (AvgIpc) is 2.52. The van der Waals surface area contributed by atoms with Gasteiger partial charge in [-0.1, -0.05) is 36.4 Å². The van der Waals surface area contributed by atoms with E-state index in [4.69, 9.17) is 5.11 Å². The van der Waals surface area contributed by atoms with E-state index in [1.807, 2.05) is 36.4 Å². The lowest BCUT2D eigenvalue weighted by Gasteiger charge is -2.18. The van der Waals surface area contributed by atoms with Crippen LogP contribution in [-0.2, 0) is 19.4 Å². The Hall–Kier alpha value is -2.41. The van der Waals surface area contributed by atoms with E-state index in [2.05, 4.69) is 5.32 Å². The number of hydrogen-bond donors (Lipinski definition) is 2. The van der Waals surface area contributed by atoms with Crippen molar-refractivity contribution in [1.29, 1.82) is 0 Å². The van der Waals surface area contributed by atoms with Crippen LogP contribution in [0.25, 0.3) is 10.8 Å². The van der Waals surface area contributed by atoms with Crippen LogP contribution in [0.5, 0.6) is 0 Å². The first-order chi connectivity index (χ1) is 11.7. The summed E-state index contributed by atoms with van der Waals surface area (Å²) in [7, 11) is -3.12. The molecular formula is C18H21NO5S. The molecule has 2 N–H and O–H groups in total. The van der Waals surface area contributed by atoms with Gasteiger partial charge in [-0.2, -0.15) is 0 Å². The zero-order valence-corrected chi connectivity index (χ0v) is 14.8. The van der Waals surface area contributed by atoms with Crippen LogP contribution in [0.2, 0.25) is 0 Å². The summed E-state index contributed by atoms with van der Waals surface area (Å²) in [5.74, 6) is -1.45. The summed E-state index contributed by atoms with van der Waals surface area (Å²) in [6, 6.07) is 12.6. The first kappa shape index (κ1) is 18.9. The molecule has 25 heavy (non-hydrogen) atoms. The van der Waals surface area contributed by atoms with E-state index in [-0.39, 0.29) is 30.9 Å². The summed E-state index contributed by atoms with van der Waals surface area (Å²) in [5.41, 5.74) is 0.706. The van der Waals surface area contributed by atoms with Crippen LogP contribution in [0.3, 0.4) is 0 Å². The van der Waals surface area contributed by atoms with Gasteiger partial charge in [0.05, 0.1) is 18.2 Å². The van der Waals surface area contributed by atoms with Crippen LogP contribution in [0.15, 0.2) is 42.5 Å². The lowest BCUT2D eigenvalue weighted by molar-refractivity contribution is -0.137. The molecule has 134 valence electrons. The number of fused-ring (bicyclic) bond motifs is 1. The molecule has 0 aliphatic carbocycles. The third-order valence-corrected chi connectivity index (χ3v) is 4.84. The summed E-state index contributed by atoms with van der Waals surface area (Å²) in [6.45, 7) is 0. The number of carboxylic acids is 1. The Balaban J connectivity index is 2.11. The van der Waals surface area contributed by atoms with Gasteiger partial charge in [0.1, 0.15) is 9.84 Å². The minimum absolute atomic E-state index is 0.0385. The molecule has 2 aromatic carbocycles. The van der Waals surface area contributed by atoms with Gasteiger partial charge in [0.25, 0.3) is 0 Å². The fourth-order valence-corrected chi connectivity index (χ4v) is 3.28. The quantitative estimate of drug-likeness (QED) is 0.749. The standard InChI is InChI=1S/C18H21NO5S/c1-25(23,24)10-4-7-17(20)19-16(12-18(21)22)15-9-8-13-5-2-3-6-14(13)11-15/h2-3,5-6,8-9,11,16H,4,7,10,12H2,1H3,(H,19,20)(H,21,22)/t16-/m0/s1. The topological polar surface area (TPSA) is 101 Å². The molecule has 0 heterocycles. The van der Waals surface area contributed by atoms with Gasteiger partial charge in [0, 0.05) is 12.7 Å². The Kier molecular flexibility index (Phi) is 6.14. The third kappa shape index (κ3) is 6.19. The normalized spacial score (nSPS) is 12.7. The molecule has 0 aromatic heterocycles. The van der Waals surface area contributed by atoms with Crippen molar-refractivity contribution in [2.24, 2.45) is 0 Å². The minimum Gasteiger partial charge on any atom is -0.481 e. The van der Waals surface area contributed by atoms with E-state index in [0.29, 0.717) is 5.56 Å². The molecule has 0 aliphatic rings.